The third kappa shape index (κ3) is 2.23. The van der Waals surface area contributed by atoms with Gasteiger partial charge in [-0.3, -0.25) is 4.99 Å². The van der Waals surface area contributed by atoms with Crippen LogP contribution in [0.2, 0.25) is 0 Å². The minimum absolute atomic E-state index is 0.421. The van der Waals surface area contributed by atoms with E-state index in [2.05, 4.69) is 32.7 Å². The lowest BCUT2D eigenvalue weighted by Gasteiger charge is -2.04. The molecule has 0 amide bonds. The van der Waals surface area contributed by atoms with Crippen molar-refractivity contribution in [2.24, 2.45) is 28.0 Å². The van der Waals surface area contributed by atoms with Crippen LogP contribution in [0.25, 0.3) is 0 Å². The summed E-state index contributed by atoms with van der Waals surface area (Å²) in [6, 6.07) is 0. The van der Waals surface area contributed by atoms with Crippen LogP contribution in [-0.2, 0) is 0 Å². The van der Waals surface area contributed by atoms with Crippen molar-refractivity contribution in [1.29, 1.82) is 0 Å². The van der Waals surface area contributed by atoms with Crippen LogP contribution >= 0.6 is 0 Å². The molecule has 0 radical (unpaired) electrons. The Morgan fingerprint density at radius 1 is 1.58 bits per heavy atom. The maximum atomic E-state index is 5.85. The lowest BCUT2D eigenvalue weighted by Crippen LogP contribution is -2.18. The molecule has 0 aromatic carbocycles. The Labute approximate surface area is 75.3 Å². The highest BCUT2D eigenvalue weighted by atomic mass is 14.9. The summed E-state index contributed by atoms with van der Waals surface area (Å²) in [5.41, 5.74) is 6.27. The lowest BCUT2D eigenvalue weighted by molar-refractivity contribution is 0.614. The van der Waals surface area contributed by atoms with Crippen LogP contribution in [0, 0.1) is 17.3 Å². The predicted octanol–water partition coefficient (Wildman–Crippen LogP) is 2.05. The van der Waals surface area contributed by atoms with Gasteiger partial charge in [0.25, 0.3) is 0 Å². The smallest absolute Gasteiger partial charge is 0.0974 e. The van der Waals surface area contributed by atoms with Crippen molar-refractivity contribution in [2.45, 2.75) is 34.1 Å². The summed E-state index contributed by atoms with van der Waals surface area (Å²) in [5, 5.41) is 0. The number of rotatable bonds is 3. The molecule has 2 heteroatoms. The van der Waals surface area contributed by atoms with Gasteiger partial charge in [0.15, 0.2) is 0 Å². The molecule has 1 unspecified atom stereocenters. The summed E-state index contributed by atoms with van der Waals surface area (Å²) >= 11 is 0. The van der Waals surface area contributed by atoms with Crippen molar-refractivity contribution in [2.75, 3.05) is 6.54 Å². The van der Waals surface area contributed by atoms with E-state index in [1.807, 2.05) is 0 Å². The van der Waals surface area contributed by atoms with Gasteiger partial charge in [-0.2, -0.15) is 0 Å². The van der Waals surface area contributed by atoms with Gasteiger partial charge in [0.05, 0.1) is 5.84 Å². The highest BCUT2D eigenvalue weighted by molar-refractivity contribution is 5.86. The second-order valence-corrected chi connectivity index (χ2v) is 4.90. The van der Waals surface area contributed by atoms with Gasteiger partial charge in [-0.25, -0.2) is 0 Å². The van der Waals surface area contributed by atoms with E-state index in [-0.39, 0.29) is 0 Å². The fourth-order valence-corrected chi connectivity index (χ4v) is 1.37. The van der Waals surface area contributed by atoms with E-state index in [0.717, 1.165) is 12.4 Å². The Bertz CT molecular complexity index is 192. The molecule has 1 atom stereocenters. The summed E-state index contributed by atoms with van der Waals surface area (Å²) in [5.74, 6) is 2.04. The Kier molecular flexibility index (Phi) is 2.45. The molecule has 1 aliphatic carbocycles. The van der Waals surface area contributed by atoms with Crippen molar-refractivity contribution in [3.8, 4) is 0 Å². The maximum Gasteiger partial charge on any atom is 0.0974 e. The van der Waals surface area contributed by atoms with E-state index in [4.69, 9.17) is 5.73 Å². The van der Waals surface area contributed by atoms with Gasteiger partial charge in [0, 0.05) is 12.5 Å². The fraction of sp³-hybridized carbons (Fsp3) is 0.900. The molecule has 1 fully saturated rings. The van der Waals surface area contributed by atoms with Crippen LogP contribution in [-0.4, -0.2) is 12.4 Å². The molecule has 2 N–H and O–H groups in total. The van der Waals surface area contributed by atoms with Crippen LogP contribution in [0.5, 0.6) is 0 Å². The van der Waals surface area contributed by atoms with E-state index in [1.165, 1.54) is 6.42 Å². The van der Waals surface area contributed by atoms with Crippen molar-refractivity contribution < 1.29 is 0 Å². The quantitative estimate of drug-likeness (QED) is 0.508. The number of amidine groups is 1. The van der Waals surface area contributed by atoms with Gasteiger partial charge in [-0.15, -0.1) is 0 Å². The Morgan fingerprint density at radius 3 is 2.42 bits per heavy atom. The zero-order valence-corrected chi connectivity index (χ0v) is 8.59. The first-order valence-electron chi connectivity index (χ1n) is 4.73. The van der Waals surface area contributed by atoms with Crippen molar-refractivity contribution in [3.05, 3.63) is 0 Å². The average Bonchev–Trinajstić information content (AvgIpc) is 2.55. The van der Waals surface area contributed by atoms with Crippen molar-refractivity contribution >= 4 is 5.84 Å². The molecular formula is C10H20N2. The Balaban J connectivity index is 2.39. The van der Waals surface area contributed by atoms with E-state index in [9.17, 15) is 0 Å². The van der Waals surface area contributed by atoms with Gasteiger partial charge in [0.2, 0.25) is 0 Å². The van der Waals surface area contributed by atoms with Gasteiger partial charge in [-0.05, 0) is 17.8 Å². The lowest BCUT2D eigenvalue weighted by atomic mass is 10.1. The molecule has 70 valence electrons. The summed E-state index contributed by atoms with van der Waals surface area (Å²) < 4.78 is 0. The van der Waals surface area contributed by atoms with E-state index < -0.39 is 0 Å². The minimum atomic E-state index is 0.421. The Hall–Kier alpha value is -0.530. The average molecular weight is 168 g/mol. The first kappa shape index (κ1) is 9.56. The normalized spacial score (nSPS) is 27.8. The fourth-order valence-electron chi connectivity index (χ4n) is 1.37. The second kappa shape index (κ2) is 3.08. The predicted molar refractivity (Wildman–Crippen MR) is 53.2 cm³/mol. The molecule has 1 rings (SSSR count). The topological polar surface area (TPSA) is 38.4 Å². The molecule has 1 aliphatic rings. The molecule has 0 aromatic rings. The maximum absolute atomic E-state index is 5.85. The van der Waals surface area contributed by atoms with E-state index in [0.29, 0.717) is 17.3 Å². The van der Waals surface area contributed by atoms with Crippen LogP contribution < -0.4 is 5.73 Å². The highest BCUT2D eigenvalue weighted by Crippen LogP contribution is 2.51. The highest BCUT2D eigenvalue weighted by Gasteiger charge is 2.48. The monoisotopic (exact) mass is 168 g/mol. The largest absolute Gasteiger partial charge is 0.387 e. The van der Waals surface area contributed by atoms with Gasteiger partial charge >= 0.3 is 0 Å². The number of nitrogens with two attached hydrogens (primary N) is 1. The molecule has 0 bridgehead atoms. The second-order valence-electron chi connectivity index (χ2n) is 4.90. The number of hydrogen-bond acceptors (Lipinski definition) is 1. The van der Waals surface area contributed by atoms with Gasteiger partial charge in [0.1, 0.15) is 0 Å². The zero-order valence-electron chi connectivity index (χ0n) is 8.59. The van der Waals surface area contributed by atoms with Gasteiger partial charge < -0.3 is 5.73 Å². The zero-order chi connectivity index (χ0) is 9.35. The number of nitrogens with zero attached hydrogens (tertiary/aromatic N) is 1. The molecule has 12 heavy (non-hydrogen) atoms. The first-order valence-corrected chi connectivity index (χ1v) is 4.73. The van der Waals surface area contributed by atoms with Crippen LogP contribution in [0.4, 0.5) is 0 Å². The molecule has 1 saturated carbocycles. The van der Waals surface area contributed by atoms with Gasteiger partial charge in [-0.1, -0.05) is 27.7 Å². The van der Waals surface area contributed by atoms with Crippen LogP contribution in [0.3, 0.4) is 0 Å². The number of aliphatic imine (C=N–C) groups is 1. The number of hydrogen-bond donors (Lipinski definition) is 1. The Morgan fingerprint density at radius 2 is 2.08 bits per heavy atom. The molecule has 0 aliphatic heterocycles. The molecule has 0 aromatic heterocycles. The van der Waals surface area contributed by atoms with Crippen LogP contribution in [0.15, 0.2) is 4.99 Å². The first-order chi connectivity index (χ1) is 5.43. The molecule has 2 nitrogen and oxygen atoms in total. The molecule has 0 saturated heterocycles. The molecule has 0 heterocycles. The summed E-state index contributed by atoms with van der Waals surface area (Å²) in [6.07, 6.45) is 1.21. The standard InChI is InChI=1S/C10H20N2/c1-7(2)6-12-9(11)8-5-10(8,3)4/h7-8H,5-6H2,1-4H3,(H2,11,12). The molecule has 0 spiro atoms. The molecular weight excluding hydrogens is 148 g/mol. The SMILES string of the molecule is CC(C)CN=C(N)C1CC1(C)C. The minimum Gasteiger partial charge on any atom is -0.387 e. The summed E-state index contributed by atoms with van der Waals surface area (Å²) in [4.78, 5) is 4.38. The van der Waals surface area contributed by atoms with E-state index in [1.54, 1.807) is 0 Å². The van der Waals surface area contributed by atoms with Crippen molar-refractivity contribution in [1.82, 2.24) is 0 Å². The van der Waals surface area contributed by atoms with E-state index >= 15 is 0 Å². The van der Waals surface area contributed by atoms with Crippen LogP contribution in [0.1, 0.15) is 34.1 Å². The summed E-state index contributed by atoms with van der Waals surface area (Å²) in [7, 11) is 0. The summed E-state index contributed by atoms with van der Waals surface area (Å²) in [6.45, 7) is 9.69. The van der Waals surface area contributed by atoms with Crippen molar-refractivity contribution in [3.63, 3.8) is 0 Å². The third-order valence-corrected chi connectivity index (χ3v) is 2.51. The third-order valence-electron chi connectivity index (χ3n) is 2.51.